The van der Waals surface area contributed by atoms with E-state index < -0.39 is 29.3 Å². The highest BCUT2D eigenvalue weighted by atomic mass is 35.5. The predicted octanol–water partition coefficient (Wildman–Crippen LogP) is 4.64. The number of hydrogen-bond acceptors (Lipinski definition) is 5. The number of alkyl halides is 2. The number of pyridine rings is 1. The van der Waals surface area contributed by atoms with Gasteiger partial charge in [0.25, 0.3) is 12.3 Å². The highest BCUT2D eigenvalue weighted by Gasteiger charge is 2.59. The molecule has 2 aromatic heterocycles. The van der Waals surface area contributed by atoms with E-state index in [1.807, 2.05) is 30.3 Å². The smallest absolute Gasteiger partial charge is 0.281 e. The van der Waals surface area contributed by atoms with Crippen LogP contribution < -0.4 is 15.1 Å². The van der Waals surface area contributed by atoms with Gasteiger partial charge in [-0.3, -0.25) is 19.3 Å². The van der Waals surface area contributed by atoms with Crippen molar-refractivity contribution in [3.8, 4) is 0 Å². The summed E-state index contributed by atoms with van der Waals surface area (Å²) >= 11 is 5.89. The Bertz CT molecular complexity index is 1470. The van der Waals surface area contributed by atoms with E-state index >= 15 is 4.39 Å². The molecule has 8 nitrogen and oxygen atoms in total. The van der Waals surface area contributed by atoms with Gasteiger partial charge in [-0.15, -0.1) is 0 Å². The number of carbonyl (C=O) groups is 2. The summed E-state index contributed by atoms with van der Waals surface area (Å²) in [5.74, 6) is -0.250. The second-order valence-corrected chi connectivity index (χ2v) is 11.4. The second kappa shape index (κ2) is 10.1. The van der Waals surface area contributed by atoms with Gasteiger partial charge in [0.2, 0.25) is 5.91 Å². The zero-order valence-electron chi connectivity index (χ0n) is 21.8. The molecule has 0 radical (unpaired) electrons. The van der Waals surface area contributed by atoms with E-state index in [1.54, 1.807) is 15.6 Å². The van der Waals surface area contributed by atoms with Crippen LogP contribution in [0.15, 0.2) is 42.7 Å². The first-order chi connectivity index (χ1) is 19.2. The molecule has 1 spiro atoms. The molecular weight excluding hydrogens is 545 g/mol. The van der Waals surface area contributed by atoms with Gasteiger partial charge >= 0.3 is 0 Å². The van der Waals surface area contributed by atoms with Crippen molar-refractivity contribution in [3.05, 3.63) is 70.4 Å². The van der Waals surface area contributed by atoms with Crippen LogP contribution in [0.2, 0.25) is 5.02 Å². The third kappa shape index (κ3) is 4.49. The van der Waals surface area contributed by atoms with Gasteiger partial charge in [0.15, 0.2) is 5.82 Å². The first-order valence-corrected chi connectivity index (χ1v) is 13.6. The van der Waals surface area contributed by atoms with Gasteiger partial charge in [-0.2, -0.15) is 5.10 Å². The molecule has 1 N–H and O–H groups in total. The van der Waals surface area contributed by atoms with Crippen LogP contribution in [-0.4, -0.2) is 52.3 Å². The zero-order chi connectivity index (χ0) is 28.2. The number of anilines is 2. The van der Waals surface area contributed by atoms with E-state index in [-0.39, 0.29) is 28.5 Å². The molecule has 3 aliphatic rings. The fourth-order valence-corrected chi connectivity index (χ4v) is 6.44. The molecule has 1 aliphatic carbocycles. The largest absolute Gasteiger partial charge is 0.352 e. The lowest BCUT2D eigenvalue weighted by molar-refractivity contribution is -0.124. The number of aryl methyl sites for hydroxylation is 1. The average Bonchev–Trinajstić information content (AvgIpc) is 3.43. The molecule has 0 unspecified atom stereocenters. The summed E-state index contributed by atoms with van der Waals surface area (Å²) in [6.45, 7) is 1.26. The standard InChI is InChI=1S/C28H28ClF3N6O2/c1-36-10-9-22(35-36)37-14-28(15-37)20-3-2-4-21(30)24(20)38(27(28)40)13-16-5-7-18(8-6-16)34-26(39)19-11-17(29)12-33-23(19)25(31)32/h2-4,9-12,16,18,25H,5-8,13-15H2,1H3,(H,34,39). The summed E-state index contributed by atoms with van der Waals surface area (Å²) < 4.78 is 43.6. The van der Waals surface area contributed by atoms with Crippen molar-refractivity contribution >= 4 is 34.9 Å². The number of nitrogens with zero attached hydrogens (tertiary/aromatic N) is 5. The molecule has 1 saturated heterocycles. The maximum atomic E-state index is 15.1. The highest BCUT2D eigenvalue weighted by Crippen LogP contribution is 2.49. The number of halogens is 4. The van der Waals surface area contributed by atoms with Gasteiger partial charge < -0.3 is 15.1 Å². The quantitative estimate of drug-likeness (QED) is 0.465. The molecule has 40 heavy (non-hydrogen) atoms. The molecule has 6 rings (SSSR count). The summed E-state index contributed by atoms with van der Waals surface area (Å²) in [6, 6.07) is 7.77. The molecule has 1 aromatic carbocycles. The molecule has 4 heterocycles. The Hall–Kier alpha value is -3.60. The van der Waals surface area contributed by atoms with Crippen LogP contribution in [0.3, 0.4) is 0 Å². The summed E-state index contributed by atoms with van der Waals surface area (Å²) in [7, 11) is 1.83. The number of aromatic nitrogens is 3. The van der Waals surface area contributed by atoms with E-state index in [4.69, 9.17) is 11.6 Å². The van der Waals surface area contributed by atoms with Crippen molar-refractivity contribution in [2.45, 2.75) is 43.6 Å². The van der Waals surface area contributed by atoms with Crippen molar-refractivity contribution < 1.29 is 22.8 Å². The van der Waals surface area contributed by atoms with Crippen molar-refractivity contribution in [1.82, 2.24) is 20.1 Å². The number of para-hydroxylation sites is 1. The molecule has 2 aliphatic heterocycles. The van der Waals surface area contributed by atoms with Gasteiger partial charge in [0.1, 0.15) is 16.9 Å². The summed E-state index contributed by atoms with van der Waals surface area (Å²) in [6.07, 6.45) is 2.65. The summed E-state index contributed by atoms with van der Waals surface area (Å²) in [5, 5.41) is 7.37. The van der Waals surface area contributed by atoms with Gasteiger partial charge in [0, 0.05) is 51.2 Å². The third-order valence-electron chi connectivity index (χ3n) is 8.33. The number of amides is 2. The monoisotopic (exact) mass is 572 g/mol. The number of nitrogens with one attached hydrogen (secondary N) is 1. The fraction of sp³-hybridized carbons (Fsp3) is 0.429. The van der Waals surface area contributed by atoms with E-state index in [0.717, 1.165) is 17.6 Å². The highest BCUT2D eigenvalue weighted by molar-refractivity contribution is 6.30. The number of carbonyl (C=O) groups excluding carboxylic acids is 2. The van der Waals surface area contributed by atoms with Gasteiger partial charge in [-0.05, 0) is 49.3 Å². The summed E-state index contributed by atoms with van der Waals surface area (Å²) in [4.78, 5) is 33.8. The molecule has 1 saturated carbocycles. The minimum atomic E-state index is -2.90. The lowest BCUT2D eigenvalue weighted by Gasteiger charge is -2.47. The maximum Gasteiger partial charge on any atom is 0.281 e. The second-order valence-electron chi connectivity index (χ2n) is 10.9. The Kier molecular flexibility index (Phi) is 6.72. The molecule has 3 aromatic rings. The minimum Gasteiger partial charge on any atom is -0.352 e. The number of fused-ring (bicyclic) bond motifs is 2. The molecule has 0 atom stereocenters. The number of hydrogen-bond donors (Lipinski definition) is 1. The Balaban J connectivity index is 1.12. The van der Waals surface area contributed by atoms with Crippen LogP contribution >= 0.6 is 11.6 Å². The lowest BCUT2D eigenvalue weighted by atomic mass is 9.74. The van der Waals surface area contributed by atoms with Crippen LogP contribution in [0.1, 0.15) is 53.7 Å². The van der Waals surface area contributed by atoms with Gasteiger partial charge in [-0.25, -0.2) is 13.2 Å². The summed E-state index contributed by atoms with van der Waals surface area (Å²) in [5.41, 5.74) is -0.555. The molecule has 2 amide bonds. The molecule has 210 valence electrons. The van der Waals surface area contributed by atoms with Crippen molar-refractivity contribution in [2.75, 3.05) is 29.4 Å². The molecule has 12 heteroatoms. The average molecular weight is 573 g/mol. The van der Waals surface area contributed by atoms with Crippen LogP contribution in [-0.2, 0) is 17.3 Å². The Morgan fingerprint density at radius 3 is 2.62 bits per heavy atom. The van der Waals surface area contributed by atoms with E-state index in [9.17, 15) is 18.4 Å². The predicted molar refractivity (Wildman–Crippen MR) is 143 cm³/mol. The third-order valence-corrected chi connectivity index (χ3v) is 8.54. The van der Waals surface area contributed by atoms with Crippen LogP contribution in [0.5, 0.6) is 0 Å². The SMILES string of the molecule is Cn1ccc(N2CC3(C2)C(=O)N(CC2CCC(NC(=O)c4cc(Cl)cnc4C(F)F)CC2)c2c(F)cccc23)n1. The Morgan fingerprint density at radius 2 is 1.95 bits per heavy atom. The first-order valence-electron chi connectivity index (χ1n) is 13.3. The lowest BCUT2D eigenvalue weighted by Crippen LogP contribution is -2.64. The van der Waals surface area contributed by atoms with Crippen molar-refractivity contribution in [3.63, 3.8) is 0 Å². The fourth-order valence-electron chi connectivity index (χ4n) is 6.29. The van der Waals surface area contributed by atoms with Crippen LogP contribution in [0.4, 0.5) is 24.7 Å². The zero-order valence-corrected chi connectivity index (χ0v) is 22.5. The number of rotatable bonds is 6. The number of benzene rings is 1. The van der Waals surface area contributed by atoms with Gasteiger partial charge in [-0.1, -0.05) is 23.7 Å². The normalized spacial score (nSPS) is 21.6. The van der Waals surface area contributed by atoms with Gasteiger partial charge in [0.05, 0.1) is 16.3 Å². The first kappa shape index (κ1) is 26.6. The Labute approximate surface area is 234 Å². The molecular formula is C28H28ClF3N6O2. The minimum absolute atomic E-state index is 0.0943. The topological polar surface area (TPSA) is 83.4 Å². The van der Waals surface area contributed by atoms with E-state index in [2.05, 4.69) is 15.4 Å². The van der Waals surface area contributed by atoms with Crippen molar-refractivity contribution in [1.29, 1.82) is 0 Å². The van der Waals surface area contributed by atoms with Crippen LogP contribution in [0.25, 0.3) is 0 Å². The Morgan fingerprint density at radius 1 is 1.20 bits per heavy atom. The molecule has 0 bridgehead atoms. The van der Waals surface area contributed by atoms with E-state index in [1.165, 1.54) is 12.1 Å². The van der Waals surface area contributed by atoms with Crippen LogP contribution in [0, 0.1) is 11.7 Å². The maximum absolute atomic E-state index is 15.1. The molecule has 2 fully saturated rings. The van der Waals surface area contributed by atoms with Crippen molar-refractivity contribution in [2.24, 2.45) is 13.0 Å². The van der Waals surface area contributed by atoms with E-state index in [0.29, 0.717) is 51.0 Å².